The highest BCUT2D eigenvalue weighted by atomic mass is 14.1. The summed E-state index contributed by atoms with van der Waals surface area (Å²) in [6.07, 6.45) is 5.30. The molecule has 0 nitrogen and oxygen atoms in total. The van der Waals surface area contributed by atoms with E-state index in [2.05, 4.69) is 33.6 Å². The Bertz CT molecular complexity index is 189. The van der Waals surface area contributed by atoms with E-state index in [1.54, 1.807) is 0 Å². The van der Waals surface area contributed by atoms with Gasteiger partial charge in [0.05, 0.1) is 0 Å². The van der Waals surface area contributed by atoms with Crippen LogP contribution in [0.25, 0.3) is 0 Å². The van der Waals surface area contributed by atoms with E-state index >= 15 is 0 Å². The quantitative estimate of drug-likeness (QED) is 0.530. The first-order valence-electron chi connectivity index (χ1n) is 4.14. The maximum absolute atomic E-state index is 5.30. The molecule has 0 N–H and O–H groups in total. The largest absolute Gasteiger partial charge is 0.115 e. The van der Waals surface area contributed by atoms with Crippen LogP contribution in [0.3, 0.4) is 0 Å². The fraction of sp³-hybridized carbons (Fsp3) is 0.636. The molecule has 0 heteroatoms. The van der Waals surface area contributed by atoms with Gasteiger partial charge in [-0.2, -0.15) is 0 Å². The lowest BCUT2D eigenvalue weighted by Crippen LogP contribution is -2.06. The third-order valence-electron chi connectivity index (χ3n) is 2.49. The minimum Gasteiger partial charge on any atom is -0.115 e. The number of hydrogen-bond acceptors (Lipinski definition) is 0. The first kappa shape index (κ1) is 10.3. The standard InChI is InChI=1S/C11H18/c1-7-9(4)11(6)10(5)8(2)3/h1,8,10H,2-6H3. The normalized spacial score (nSPS) is 15.7. The molecule has 0 spiro atoms. The molecular weight excluding hydrogens is 132 g/mol. The highest BCUT2D eigenvalue weighted by molar-refractivity contribution is 5.29. The predicted molar refractivity (Wildman–Crippen MR) is 51.2 cm³/mol. The topological polar surface area (TPSA) is 0 Å². The van der Waals surface area contributed by atoms with Gasteiger partial charge < -0.3 is 0 Å². The molecule has 0 aromatic heterocycles. The highest BCUT2D eigenvalue weighted by Crippen LogP contribution is 2.21. The maximum atomic E-state index is 5.30. The minimum absolute atomic E-state index is 0.603. The molecule has 0 aliphatic heterocycles. The summed E-state index contributed by atoms with van der Waals surface area (Å²) in [4.78, 5) is 0. The molecule has 62 valence electrons. The SMILES string of the molecule is C#CC(C)=C(C)C(C)C(C)C. The zero-order chi connectivity index (χ0) is 9.02. The Kier molecular flexibility index (Phi) is 3.97. The van der Waals surface area contributed by atoms with Crippen molar-refractivity contribution in [2.45, 2.75) is 34.6 Å². The second-order valence-corrected chi connectivity index (χ2v) is 3.49. The lowest BCUT2D eigenvalue weighted by atomic mass is 9.88. The average Bonchev–Trinajstić information content (AvgIpc) is 2.00. The van der Waals surface area contributed by atoms with Crippen molar-refractivity contribution in [1.82, 2.24) is 0 Å². The third kappa shape index (κ3) is 2.80. The van der Waals surface area contributed by atoms with Crippen molar-refractivity contribution < 1.29 is 0 Å². The Labute approximate surface area is 70.7 Å². The van der Waals surface area contributed by atoms with Gasteiger partial charge >= 0.3 is 0 Å². The van der Waals surface area contributed by atoms with Crippen LogP contribution in [-0.4, -0.2) is 0 Å². The van der Waals surface area contributed by atoms with E-state index in [4.69, 9.17) is 6.42 Å². The van der Waals surface area contributed by atoms with Crippen LogP contribution in [0.15, 0.2) is 11.1 Å². The molecule has 0 fully saturated rings. The summed E-state index contributed by atoms with van der Waals surface area (Å²) in [5, 5.41) is 0. The number of rotatable bonds is 2. The van der Waals surface area contributed by atoms with Crippen molar-refractivity contribution in [3.05, 3.63) is 11.1 Å². The molecule has 0 amide bonds. The Hall–Kier alpha value is -0.700. The van der Waals surface area contributed by atoms with Crippen molar-refractivity contribution in [1.29, 1.82) is 0 Å². The number of allylic oxidation sites excluding steroid dienone is 2. The van der Waals surface area contributed by atoms with Crippen molar-refractivity contribution in [3.63, 3.8) is 0 Å². The monoisotopic (exact) mass is 150 g/mol. The van der Waals surface area contributed by atoms with Gasteiger partial charge in [-0.1, -0.05) is 32.3 Å². The van der Waals surface area contributed by atoms with Gasteiger partial charge in [-0.3, -0.25) is 0 Å². The van der Waals surface area contributed by atoms with Crippen molar-refractivity contribution in [2.24, 2.45) is 11.8 Å². The Morgan fingerprint density at radius 3 is 1.91 bits per heavy atom. The molecule has 1 unspecified atom stereocenters. The van der Waals surface area contributed by atoms with Gasteiger partial charge in [-0.05, 0) is 31.3 Å². The summed E-state index contributed by atoms with van der Waals surface area (Å²) >= 11 is 0. The van der Waals surface area contributed by atoms with Gasteiger partial charge in [0.1, 0.15) is 0 Å². The van der Waals surface area contributed by atoms with Crippen LogP contribution in [0, 0.1) is 24.2 Å². The van der Waals surface area contributed by atoms with Crippen molar-refractivity contribution in [2.75, 3.05) is 0 Å². The van der Waals surface area contributed by atoms with Crippen LogP contribution in [0.5, 0.6) is 0 Å². The highest BCUT2D eigenvalue weighted by Gasteiger charge is 2.09. The van der Waals surface area contributed by atoms with E-state index in [0.717, 1.165) is 5.57 Å². The minimum atomic E-state index is 0.603. The van der Waals surface area contributed by atoms with Gasteiger partial charge in [-0.15, -0.1) is 6.42 Å². The third-order valence-corrected chi connectivity index (χ3v) is 2.49. The summed E-state index contributed by atoms with van der Waals surface area (Å²) in [5.41, 5.74) is 2.44. The Morgan fingerprint density at radius 1 is 1.18 bits per heavy atom. The molecule has 0 aromatic carbocycles. The van der Waals surface area contributed by atoms with E-state index in [1.165, 1.54) is 5.57 Å². The molecular formula is C11H18. The average molecular weight is 150 g/mol. The van der Waals surface area contributed by atoms with Crippen molar-refractivity contribution in [3.8, 4) is 12.3 Å². The molecule has 11 heavy (non-hydrogen) atoms. The van der Waals surface area contributed by atoms with E-state index < -0.39 is 0 Å². The summed E-state index contributed by atoms with van der Waals surface area (Å²) in [5.74, 6) is 3.96. The lowest BCUT2D eigenvalue weighted by molar-refractivity contribution is 0.478. The van der Waals surface area contributed by atoms with E-state index in [-0.39, 0.29) is 0 Å². The molecule has 0 heterocycles. The van der Waals surface area contributed by atoms with Crippen molar-refractivity contribution >= 4 is 0 Å². The summed E-state index contributed by atoms with van der Waals surface area (Å²) in [6, 6.07) is 0. The van der Waals surface area contributed by atoms with E-state index in [1.807, 2.05) is 6.92 Å². The summed E-state index contributed by atoms with van der Waals surface area (Å²) < 4.78 is 0. The Morgan fingerprint density at radius 2 is 1.64 bits per heavy atom. The van der Waals surface area contributed by atoms with Gasteiger partial charge in [0.15, 0.2) is 0 Å². The zero-order valence-corrected chi connectivity index (χ0v) is 8.23. The molecule has 0 saturated carbocycles. The van der Waals surface area contributed by atoms with Crippen LogP contribution in [0.4, 0.5) is 0 Å². The molecule has 0 rings (SSSR count). The number of hydrogen-bond donors (Lipinski definition) is 0. The smallest absolute Gasteiger partial charge is 0.00214 e. The zero-order valence-electron chi connectivity index (χ0n) is 8.23. The Balaban J connectivity index is 4.50. The van der Waals surface area contributed by atoms with Crippen LogP contribution in [0.1, 0.15) is 34.6 Å². The van der Waals surface area contributed by atoms with E-state index in [9.17, 15) is 0 Å². The first-order valence-corrected chi connectivity index (χ1v) is 4.14. The summed E-state index contributed by atoms with van der Waals surface area (Å²) in [7, 11) is 0. The molecule has 0 aliphatic carbocycles. The van der Waals surface area contributed by atoms with Crippen LogP contribution in [0.2, 0.25) is 0 Å². The van der Waals surface area contributed by atoms with Gasteiger partial charge in [0.25, 0.3) is 0 Å². The maximum Gasteiger partial charge on any atom is -0.00214 e. The fourth-order valence-electron chi connectivity index (χ4n) is 0.955. The number of terminal acetylenes is 1. The molecule has 0 aliphatic rings. The fourth-order valence-corrected chi connectivity index (χ4v) is 0.955. The molecule has 1 atom stereocenters. The molecule has 0 radical (unpaired) electrons. The molecule has 0 aromatic rings. The van der Waals surface area contributed by atoms with Crippen LogP contribution in [-0.2, 0) is 0 Å². The lowest BCUT2D eigenvalue weighted by Gasteiger charge is -2.17. The predicted octanol–water partition coefficient (Wildman–Crippen LogP) is 3.25. The summed E-state index contributed by atoms with van der Waals surface area (Å²) in [6.45, 7) is 10.8. The van der Waals surface area contributed by atoms with Gasteiger partial charge in [-0.25, -0.2) is 0 Å². The van der Waals surface area contributed by atoms with Crippen LogP contribution < -0.4 is 0 Å². The van der Waals surface area contributed by atoms with E-state index in [0.29, 0.717) is 11.8 Å². The first-order chi connectivity index (χ1) is 5.00. The second-order valence-electron chi connectivity index (χ2n) is 3.49. The van der Waals surface area contributed by atoms with Crippen LogP contribution >= 0.6 is 0 Å². The molecule has 0 saturated heterocycles. The second kappa shape index (κ2) is 4.23. The van der Waals surface area contributed by atoms with Gasteiger partial charge in [0.2, 0.25) is 0 Å². The van der Waals surface area contributed by atoms with Gasteiger partial charge in [0, 0.05) is 0 Å². The molecule has 0 bridgehead atoms.